The van der Waals surface area contributed by atoms with E-state index in [4.69, 9.17) is 4.74 Å². The molecule has 0 rings (SSSR count). The van der Waals surface area contributed by atoms with E-state index in [-0.39, 0.29) is 18.5 Å². The first-order valence-electron chi connectivity index (χ1n) is 31.2. The fourth-order valence-electron chi connectivity index (χ4n) is 9.61. The average Bonchev–Trinajstić information content (AvgIpc) is 3.36. The van der Waals surface area contributed by atoms with Crippen LogP contribution < -0.4 is 5.32 Å². The first-order valence-corrected chi connectivity index (χ1v) is 31.2. The van der Waals surface area contributed by atoms with E-state index in [1.807, 2.05) is 0 Å². The van der Waals surface area contributed by atoms with Gasteiger partial charge in [0, 0.05) is 12.8 Å². The van der Waals surface area contributed by atoms with Crippen molar-refractivity contribution in [1.29, 1.82) is 0 Å². The van der Waals surface area contributed by atoms with Crippen molar-refractivity contribution < 1.29 is 24.5 Å². The summed E-state index contributed by atoms with van der Waals surface area (Å²) in [5, 5.41) is 23.2. The van der Waals surface area contributed by atoms with Gasteiger partial charge in [-0.05, 0) is 83.5 Å². The molecule has 0 spiro atoms. The van der Waals surface area contributed by atoms with Gasteiger partial charge in [-0.1, -0.05) is 275 Å². The molecular formula is C64H121NO5. The first-order chi connectivity index (χ1) is 34.5. The van der Waals surface area contributed by atoms with Crippen LogP contribution in [0.5, 0.6) is 0 Å². The zero-order valence-corrected chi connectivity index (χ0v) is 47.0. The van der Waals surface area contributed by atoms with Gasteiger partial charge in [-0.2, -0.15) is 0 Å². The number of hydrogen-bond donors (Lipinski definition) is 3. The number of aliphatic hydroxyl groups excluding tert-OH is 2. The zero-order valence-electron chi connectivity index (χ0n) is 47.0. The predicted octanol–water partition coefficient (Wildman–Crippen LogP) is 19.6. The molecule has 412 valence electrons. The highest BCUT2D eigenvalue weighted by atomic mass is 16.5. The number of carbonyl (C=O) groups excluding carboxylic acids is 2. The summed E-state index contributed by atoms with van der Waals surface area (Å²) < 4.78 is 5.49. The van der Waals surface area contributed by atoms with Gasteiger partial charge in [0.25, 0.3) is 0 Å². The van der Waals surface area contributed by atoms with Crippen LogP contribution >= 0.6 is 0 Å². The minimum atomic E-state index is -0.669. The predicted molar refractivity (Wildman–Crippen MR) is 306 cm³/mol. The molecule has 0 aliphatic carbocycles. The molecule has 0 aromatic heterocycles. The Bertz CT molecular complexity index is 1130. The van der Waals surface area contributed by atoms with Crippen LogP contribution in [0.4, 0.5) is 0 Å². The largest absolute Gasteiger partial charge is 0.466 e. The molecule has 0 aromatic rings. The normalized spacial score (nSPS) is 12.8. The minimum Gasteiger partial charge on any atom is -0.466 e. The first kappa shape index (κ1) is 68.1. The van der Waals surface area contributed by atoms with Gasteiger partial charge >= 0.3 is 5.97 Å². The molecule has 0 bridgehead atoms. The molecule has 0 heterocycles. The summed E-state index contributed by atoms with van der Waals surface area (Å²) in [6.45, 7) is 4.93. The summed E-state index contributed by atoms with van der Waals surface area (Å²) in [5.74, 6) is -0.0377. The van der Waals surface area contributed by atoms with Crippen molar-refractivity contribution >= 4 is 11.9 Å². The van der Waals surface area contributed by atoms with Gasteiger partial charge in [-0.3, -0.25) is 9.59 Å². The number of aliphatic hydroxyl groups is 2. The van der Waals surface area contributed by atoms with Gasteiger partial charge < -0.3 is 20.3 Å². The lowest BCUT2D eigenvalue weighted by Gasteiger charge is -2.22. The second-order valence-electron chi connectivity index (χ2n) is 21.4. The van der Waals surface area contributed by atoms with Crippen molar-refractivity contribution in [3.63, 3.8) is 0 Å². The SMILES string of the molecule is CCCCC/C=C\C/C=C\CCCCCCCCCCCC(=O)OCCCCCCCCCCCC/C=C\CCCCCCCCCC(=O)NC(CO)C(O)CCCCCCCCCCCCCCC. The molecule has 0 aliphatic heterocycles. The maximum absolute atomic E-state index is 12.5. The lowest BCUT2D eigenvalue weighted by atomic mass is 10.0. The van der Waals surface area contributed by atoms with Crippen LogP contribution in [0.3, 0.4) is 0 Å². The molecule has 3 N–H and O–H groups in total. The van der Waals surface area contributed by atoms with Crippen LogP contribution in [0.1, 0.15) is 335 Å². The van der Waals surface area contributed by atoms with Crippen LogP contribution in [0, 0.1) is 0 Å². The van der Waals surface area contributed by atoms with Gasteiger partial charge in [0.2, 0.25) is 5.91 Å². The fraction of sp³-hybridized carbons (Fsp3) is 0.875. The number of rotatable bonds is 58. The molecule has 2 atom stereocenters. The summed E-state index contributed by atoms with van der Waals surface area (Å²) in [6, 6.07) is -0.547. The lowest BCUT2D eigenvalue weighted by Crippen LogP contribution is -2.45. The molecule has 0 saturated heterocycles. The molecule has 6 nitrogen and oxygen atoms in total. The number of hydrogen-bond acceptors (Lipinski definition) is 5. The van der Waals surface area contributed by atoms with Gasteiger partial charge in [-0.15, -0.1) is 0 Å². The van der Waals surface area contributed by atoms with Gasteiger partial charge in [0.15, 0.2) is 0 Å². The van der Waals surface area contributed by atoms with Gasteiger partial charge in [0.1, 0.15) is 0 Å². The van der Waals surface area contributed by atoms with E-state index >= 15 is 0 Å². The highest BCUT2D eigenvalue weighted by Crippen LogP contribution is 2.17. The van der Waals surface area contributed by atoms with Crippen molar-refractivity contribution in [2.45, 2.75) is 347 Å². The van der Waals surface area contributed by atoms with E-state index in [0.29, 0.717) is 25.9 Å². The number of nitrogens with one attached hydrogen (secondary N) is 1. The van der Waals surface area contributed by atoms with Gasteiger partial charge in [-0.25, -0.2) is 0 Å². The second-order valence-corrected chi connectivity index (χ2v) is 21.4. The molecular weight excluding hydrogens is 863 g/mol. The summed E-state index contributed by atoms with van der Waals surface area (Å²) in [5.41, 5.74) is 0. The third kappa shape index (κ3) is 55.4. The van der Waals surface area contributed by atoms with Crippen LogP contribution in [0.25, 0.3) is 0 Å². The fourth-order valence-corrected chi connectivity index (χ4v) is 9.61. The summed E-state index contributed by atoms with van der Waals surface area (Å²) >= 11 is 0. The van der Waals surface area contributed by atoms with Crippen LogP contribution in [0.2, 0.25) is 0 Å². The molecule has 0 fully saturated rings. The smallest absolute Gasteiger partial charge is 0.305 e. The van der Waals surface area contributed by atoms with E-state index in [2.05, 4.69) is 55.6 Å². The molecule has 0 radical (unpaired) electrons. The molecule has 0 aromatic carbocycles. The minimum absolute atomic E-state index is 0.00455. The Balaban J connectivity index is 3.40. The average molecular weight is 985 g/mol. The molecule has 0 aliphatic rings. The molecule has 1 amide bonds. The van der Waals surface area contributed by atoms with Crippen LogP contribution in [0.15, 0.2) is 36.5 Å². The molecule has 2 unspecified atom stereocenters. The van der Waals surface area contributed by atoms with Gasteiger partial charge in [0.05, 0.1) is 25.4 Å². The third-order valence-corrected chi connectivity index (χ3v) is 14.4. The van der Waals surface area contributed by atoms with Crippen molar-refractivity contribution in [3.8, 4) is 0 Å². The molecule has 0 saturated carbocycles. The van der Waals surface area contributed by atoms with E-state index in [9.17, 15) is 19.8 Å². The Hall–Kier alpha value is -1.92. The maximum Gasteiger partial charge on any atom is 0.305 e. The maximum atomic E-state index is 12.5. The Morgan fingerprint density at radius 3 is 1.13 bits per heavy atom. The summed E-state index contributed by atoms with van der Waals surface area (Å²) in [4.78, 5) is 24.6. The Kier molecular flexibility index (Phi) is 58.0. The number of unbranched alkanes of at least 4 members (excludes halogenated alkanes) is 41. The number of carbonyl (C=O) groups is 2. The number of ether oxygens (including phenoxy) is 1. The van der Waals surface area contributed by atoms with E-state index in [1.54, 1.807) is 0 Å². The van der Waals surface area contributed by atoms with Crippen molar-refractivity contribution in [1.82, 2.24) is 5.32 Å². The third-order valence-electron chi connectivity index (χ3n) is 14.4. The Labute approximate surface area is 436 Å². The lowest BCUT2D eigenvalue weighted by molar-refractivity contribution is -0.143. The summed E-state index contributed by atoms with van der Waals surface area (Å²) in [6.07, 6.45) is 74.4. The van der Waals surface area contributed by atoms with Crippen molar-refractivity contribution in [2.75, 3.05) is 13.2 Å². The van der Waals surface area contributed by atoms with E-state index in [0.717, 1.165) is 51.4 Å². The Morgan fingerprint density at radius 1 is 0.400 bits per heavy atom. The van der Waals surface area contributed by atoms with Crippen LogP contribution in [-0.4, -0.2) is 47.4 Å². The highest BCUT2D eigenvalue weighted by Gasteiger charge is 2.20. The van der Waals surface area contributed by atoms with Crippen LogP contribution in [-0.2, 0) is 14.3 Å². The van der Waals surface area contributed by atoms with E-state index < -0.39 is 12.1 Å². The Morgan fingerprint density at radius 2 is 0.714 bits per heavy atom. The zero-order chi connectivity index (χ0) is 50.7. The summed E-state index contributed by atoms with van der Waals surface area (Å²) in [7, 11) is 0. The number of esters is 1. The number of amides is 1. The topological polar surface area (TPSA) is 95.9 Å². The molecule has 70 heavy (non-hydrogen) atoms. The standard InChI is InChI=1S/C64H121NO5/c1-3-5-7-9-11-13-15-17-18-19-23-27-30-34-38-42-46-50-54-58-64(69)70-59-55-51-47-43-39-35-31-28-25-22-20-21-24-26-29-33-37-41-45-49-53-57-63(68)65-61(60-66)62(67)56-52-48-44-40-36-32-16-14-12-10-8-6-4-2/h11,13,17-18,21,24,61-62,66-67H,3-10,12,14-16,19-20,22-23,25-60H2,1-2H3,(H,65,68)/b13-11-,18-17-,24-21-. The highest BCUT2D eigenvalue weighted by molar-refractivity contribution is 5.76. The number of allylic oxidation sites excluding steroid dienone is 6. The second kappa shape index (κ2) is 59.6. The quantitative estimate of drug-likeness (QED) is 0.0321. The van der Waals surface area contributed by atoms with E-state index in [1.165, 1.54) is 250 Å². The monoisotopic (exact) mass is 984 g/mol. The van der Waals surface area contributed by atoms with Crippen molar-refractivity contribution in [2.24, 2.45) is 0 Å². The molecule has 6 heteroatoms. The van der Waals surface area contributed by atoms with Crippen molar-refractivity contribution in [3.05, 3.63) is 36.5 Å².